The van der Waals surface area contributed by atoms with Crippen molar-refractivity contribution in [1.82, 2.24) is 24.7 Å². The van der Waals surface area contributed by atoms with Crippen LogP contribution in [0.25, 0.3) is 22.3 Å². The quantitative estimate of drug-likeness (QED) is 0.494. The molecular formula is C31H35N5O3. The van der Waals surface area contributed by atoms with Gasteiger partial charge in [0.15, 0.2) is 0 Å². The summed E-state index contributed by atoms with van der Waals surface area (Å²) < 4.78 is 2.41. The van der Waals surface area contributed by atoms with Gasteiger partial charge in [-0.15, -0.1) is 0 Å². The molecule has 5 heterocycles. The van der Waals surface area contributed by atoms with Crippen LogP contribution in [0, 0.1) is 0 Å². The highest BCUT2D eigenvalue weighted by atomic mass is 16.2. The number of likely N-dealkylation sites (tertiary alicyclic amines) is 1. The van der Waals surface area contributed by atoms with Crippen molar-refractivity contribution in [3.63, 3.8) is 0 Å². The fourth-order valence-electron chi connectivity index (χ4n) is 7.04. The molecule has 1 saturated carbocycles. The van der Waals surface area contributed by atoms with E-state index >= 15 is 0 Å². The van der Waals surface area contributed by atoms with Crippen molar-refractivity contribution in [2.75, 3.05) is 13.1 Å². The van der Waals surface area contributed by atoms with Crippen molar-refractivity contribution in [2.24, 2.45) is 0 Å². The molecule has 1 N–H and O–H groups in total. The Labute approximate surface area is 228 Å². The molecule has 202 valence electrons. The third kappa shape index (κ3) is 4.44. The lowest BCUT2D eigenvalue weighted by Crippen LogP contribution is -2.52. The lowest BCUT2D eigenvalue weighted by molar-refractivity contribution is -0.136. The van der Waals surface area contributed by atoms with Gasteiger partial charge in [0.2, 0.25) is 11.8 Å². The molecule has 1 atom stereocenters. The minimum absolute atomic E-state index is 0.143. The predicted octanol–water partition coefficient (Wildman–Crippen LogP) is 4.57. The average molecular weight is 526 g/mol. The Bertz CT molecular complexity index is 1460. The third-order valence-electron chi connectivity index (χ3n) is 9.15. The Morgan fingerprint density at radius 2 is 1.74 bits per heavy atom. The Morgan fingerprint density at radius 3 is 2.54 bits per heavy atom. The van der Waals surface area contributed by atoms with Crippen molar-refractivity contribution in [2.45, 2.75) is 83.0 Å². The molecule has 3 fully saturated rings. The summed E-state index contributed by atoms with van der Waals surface area (Å²) in [5.41, 5.74) is 5.85. The van der Waals surface area contributed by atoms with Gasteiger partial charge in [-0.25, -0.2) is 4.98 Å². The molecule has 1 unspecified atom stereocenters. The Morgan fingerprint density at radius 1 is 0.923 bits per heavy atom. The van der Waals surface area contributed by atoms with Gasteiger partial charge in [-0.3, -0.25) is 24.6 Å². The molecule has 0 bridgehead atoms. The summed E-state index contributed by atoms with van der Waals surface area (Å²) in [6.45, 7) is 3.57. The first-order valence-electron chi connectivity index (χ1n) is 14.6. The van der Waals surface area contributed by atoms with Gasteiger partial charge in [0.25, 0.3) is 5.91 Å². The van der Waals surface area contributed by atoms with E-state index in [0.717, 1.165) is 42.1 Å². The number of fused-ring (bicyclic) bond motifs is 2. The molecule has 39 heavy (non-hydrogen) atoms. The topological polar surface area (TPSA) is 87.5 Å². The number of nitrogens with zero attached hydrogens (tertiary/aromatic N) is 4. The van der Waals surface area contributed by atoms with Gasteiger partial charge >= 0.3 is 0 Å². The smallest absolute Gasteiger partial charge is 0.255 e. The van der Waals surface area contributed by atoms with E-state index in [0.29, 0.717) is 24.6 Å². The van der Waals surface area contributed by atoms with Crippen molar-refractivity contribution in [1.29, 1.82) is 0 Å². The first-order valence-corrected chi connectivity index (χ1v) is 14.6. The van der Waals surface area contributed by atoms with Crippen LogP contribution in [0.4, 0.5) is 0 Å². The van der Waals surface area contributed by atoms with E-state index in [1.165, 1.54) is 55.9 Å². The molecule has 0 radical (unpaired) electrons. The van der Waals surface area contributed by atoms with E-state index in [-0.39, 0.29) is 24.1 Å². The molecule has 3 aromatic rings. The average Bonchev–Trinajstić information content (AvgIpc) is 3.69. The third-order valence-corrected chi connectivity index (χ3v) is 9.15. The number of hydrogen-bond donors (Lipinski definition) is 1. The summed E-state index contributed by atoms with van der Waals surface area (Å²) in [6, 6.07) is 10.3. The number of carbonyl (C=O) groups excluding carboxylic acids is 3. The number of hydrogen-bond acceptors (Lipinski definition) is 5. The highest BCUT2D eigenvalue weighted by Crippen LogP contribution is 2.36. The molecule has 1 aliphatic carbocycles. The second kappa shape index (κ2) is 9.90. The highest BCUT2D eigenvalue weighted by molar-refractivity contribution is 6.05. The van der Waals surface area contributed by atoms with E-state index in [9.17, 15) is 14.4 Å². The monoisotopic (exact) mass is 525 g/mol. The lowest BCUT2D eigenvalue weighted by atomic mass is 9.95. The van der Waals surface area contributed by atoms with Gasteiger partial charge in [0, 0.05) is 48.3 Å². The maximum absolute atomic E-state index is 13.2. The van der Waals surface area contributed by atoms with Crippen molar-refractivity contribution >= 4 is 28.8 Å². The molecule has 8 nitrogen and oxygen atoms in total. The van der Waals surface area contributed by atoms with E-state index in [4.69, 9.17) is 4.98 Å². The van der Waals surface area contributed by atoms with Gasteiger partial charge < -0.3 is 9.47 Å². The largest absolute Gasteiger partial charge is 0.329 e. The number of benzene rings is 1. The number of piperidine rings is 1. The normalized spacial score (nSPS) is 22.6. The predicted molar refractivity (Wildman–Crippen MR) is 148 cm³/mol. The van der Waals surface area contributed by atoms with Gasteiger partial charge in [-0.2, -0.15) is 0 Å². The van der Waals surface area contributed by atoms with Crippen LogP contribution in [0.1, 0.15) is 85.3 Å². The number of pyridine rings is 1. The van der Waals surface area contributed by atoms with Crippen LogP contribution in [0.3, 0.4) is 0 Å². The van der Waals surface area contributed by atoms with E-state index < -0.39 is 6.04 Å². The molecule has 3 amide bonds. The number of carbonyl (C=O) groups is 3. The molecule has 0 spiro atoms. The van der Waals surface area contributed by atoms with Gasteiger partial charge in [-0.05, 0) is 80.6 Å². The summed E-state index contributed by atoms with van der Waals surface area (Å²) in [6.07, 6.45) is 11.6. The second-order valence-corrected chi connectivity index (χ2v) is 11.7. The molecule has 1 aromatic carbocycles. The van der Waals surface area contributed by atoms with Crippen LogP contribution in [-0.2, 0) is 22.7 Å². The molecule has 7 rings (SSSR count). The lowest BCUT2D eigenvalue weighted by Gasteiger charge is -2.29. The summed E-state index contributed by atoms with van der Waals surface area (Å²) >= 11 is 0. The first kappa shape index (κ1) is 24.5. The number of aromatic nitrogens is 2. The fourth-order valence-corrected chi connectivity index (χ4v) is 7.04. The van der Waals surface area contributed by atoms with Crippen molar-refractivity contribution in [3.8, 4) is 11.3 Å². The van der Waals surface area contributed by atoms with Crippen molar-refractivity contribution < 1.29 is 14.4 Å². The Balaban J connectivity index is 1.25. The molecule has 2 saturated heterocycles. The van der Waals surface area contributed by atoms with E-state index in [1.807, 2.05) is 12.1 Å². The number of rotatable bonds is 5. The summed E-state index contributed by atoms with van der Waals surface area (Å²) in [7, 11) is 0. The van der Waals surface area contributed by atoms with Crippen LogP contribution in [0.15, 0.2) is 36.5 Å². The second-order valence-electron chi connectivity index (χ2n) is 11.7. The number of imide groups is 1. The minimum atomic E-state index is -0.605. The zero-order valence-electron chi connectivity index (χ0n) is 22.3. The maximum atomic E-state index is 13.2. The minimum Gasteiger partial charge on any atom is -0.329 e. The number of nitrogens with one attached hydrogen (secondary N) is 1. The molecule has 4 aliphatic rings. The van der Waals surface area contributed by atoms with Gasteiger partial charge in [0.1, 0.15) is 11.7 Å². The van der Waals surface area contributed by atoms with Crippen LogP contribution >= 0.6 is 0 Å². The van der Waals surface area contributed by atoms with Gasteiger partial charge in [0.05, 0.1) is 5.69 Å². The van der Waals surface area contributed by atoms with Crippen molar-refractivity contribution in [3.05, 3.63) is 53.2 Å². The van der Waals surface area contributed by atoms with Gasteiger partial charge in [-0.1, -0.05) is 25.3 Å². The number of amides is 3. The van der Waals surface area contributed by atoms with E-state index in [1.54, 1.807) is 4.90 Å². The summed E-state index contributed by atoms with van der Waals surface area (Å²) in [5.74, 6) is -0.794. The SMILES string of the molecule is O=C1CCC(N2Cc3cc(-c4cc(CN5CCCC5)c5ccn(C6CCCCC6)c5n4)ccc3C2=O)C(=O)N1. The summed E-state index contributed by atoms with van der Waals surface area (Å²) in [5, 5.41) is 3.63. The molecule has 8 heteroatoms. The highest BCUT2D eigenvalue weighted by Gasteiger charge is 2.39. The Kier molecular flexibility index (Phi) is 6.22. The standard InChI is InChI=1S/C31H35N5O3/c37-28-11-10-27(30(38)33-28)36-19-21-16-20(8-9-25(21)31(36)39)26-17-22(18-34-13-4-5-14-34)24-12-15-35(29(24)32-26)23-6-2-1-3-7-23/h8-9,12,15-17,23,27H,1-7,10-11,13-14,18-19H2,(H,33,37,38). The summed E-state index contributed by atoms with van der Waals surface area (Å²) in [4.78, 5) is 46.7. The zero-order chi connectivity index (χ0) is 26.5. The van der Waals surface area contributed by atoms with Crippen LogP contribution in [0.5, 0.6) is 0 Å². The van der Waals surface area contributed by atoms with Crippen LogP contribution in [0.2, 0.25) is 0 Å². The molecular weight excluding hydrogens is 490 g/mol. The van der Waals surface area contributed by atoms with E-state index in [2.05, 4.69) is 39.2 Å². The molecule has 2 aromatic heterocycles. The molecule has 3 aliphatic heterocycles. The maximum Gasteiger partial charge on any atom is 0.255 e. The first-order chi connectivity index (χ1) is 19.0. The zero-order valence-corrected chi connectivity index (χ0v) is 22.3. The van der Waals surface area contributed by atoms with Crippen LogP contribution < -0.4 is 5.32 Å². The van der Waals surface area contributed by atoms with Crippen LogP contribution in [-0.4, -0.2) is 56.2 Å². The fraction of sp³-hybridized carbons (Fsp3) is 0.484. The Hall–Kier alpha value is -3.52.